The van der Waals surface area contributed by atoms with Crippen LogP contribution in [-0.4, -0.2) is 16.0 Å². The first kappa shape index (κ1) is 13.3. The molecule has 0 amide bonds. The molecule has 2 rings (SSSR count). The molecule has 1 aromatic heterocycles. The number of nitrogens with zero attached hydrogens (tertiary/aromatic N) is 2. The standard InChI is InChI=1S/C15H25N3/c1-4-5-13-6-8-14(9-7-13)18-15-10-16-11(2)12(3)17-15/h10,13-14H,4-9H2,1-3H3,(H,17,18). The summed E-state index contributed by atoms with van der Waals surface area (Å²) in [5.74, 6) is 1.90. The van der Waals surface area contributed by atoms with Crippen molar-refractivity contribution in [3.8, 4) is 0 Å². The van der Waals surface area contributed by atoms with Crippen LogP contribution in [0.25, 0.3) is 0 Å². The highest BCUT2D eigenvalue weighted by Crippen LogP contribution is 2.29. The first-order valence-corrected chi connectivity index (χ1v) is 7.25. The number of aryl methyl sites for hydroxylation is 2. The van der Waals surface area contributed by atoms with Gasteiger partial charge in [-0.15, -0.1) is 0 Å². The normalized spacial score (nSPS) is 23.9. The van der Waals surface area contributed by atoms with Gasteiger partial charge in [-0.05, 0) is 45.4 Å². The van der Waals surface area contributed by atoms with E-state index in [2.05, 4.69) is 22.2 Å². The Kier molecular flexibility index (Phi) is 4.56. The molecule has 0 unspecified atom stereocenters. The number of anilines is 1. The fourth-order valence-corrected chi connectivity index (χ4v) is 2.82. The van der Waals surface area contributed by atoms with Gasteiger partial charge in [-0.3, -0.25) is 4.98 Å². The summed E-state index contributed by atoms with van der Waals surface area (Å²) in [7, 11) is 0. The Morgan fingerprint density at radius 1 is 1.17 bits per heavy atom. The summed E-state index contributed by atoms with van der Waals surface area (Å²) in [6.07, 6.45) is 9.87. The zero-order valence-corrected chi connectivity index (χ0v) is 11.9. The molecule has 0 bridgehead atoms. The van der Waals surface area contributed by atoms with Gasteiger partial charge in [0.15, 0.2) is 0 Å². The average molecular weight is 247 g/mol. The first-order chi connectivity index (χ1) is 8.69. The molecule has 1 aliphatic carbocycles. The molecule has 1 N–H and O–H groups in total. The maximum Gasteiger partial charge on any atom is 0.145 e. The monoisotopic (exact) mass is 247 g/mol. The van der Waals surface area contributed by atoms with Gasteiger partial charge in [0.1, 0.15) is 5.82 Å². The molecule has 0 atom stereocenters. The Morgan fingerprint density at radius 3 is 2.50 bits per heavy atom. The quantitative estimate of drug-likeness (QED) is 0.877. The molecule has 0 aliphatic heterocycles. The van der Waals surface area contributed by atoms with E-state index < -0.39 is 0 Å². The minimum Gasteiger partial charge on any atom is -0.366 e. The van der Waals surface area contributed by atoms with Crippen molar-refractivity contribution in [3.05, 3.63) is 17.6 Å². The van der Waals surface area contributed by atoms with E-state index in [1.165, 1.54) is 38.5 Å². The van der Waals surface area contributed by atoms with Crippen molar-refractivity contribution in [2.75, 3.05) is 5.32 Å². The second-order valence-corrected chi connectivity index (χ2v) is 5.58. The number of nitrogens with one attached hydrogen (secondary N) is 1. The Labute approximate surface area is 110 Å². The highest BCUT2D eigenvalue weighted by molar-refractivity contribution is 5.34. The topological polar surface area (TPSA) is 37.8 Å². The highest BCUT2D eigenvalue weighted by atomic mass is 15.0. The minimum absolute atomic E-state index is 0.592. The summed E-state index contributed by atoms with van der Waals surface area (Å²) in [5.41, 5.74) is 2.05. The van der Waals surface area contributed by atoms with Crippen LogP contribution in [0.2, 0.25) is 0 Å². The Morgan fingerprint density at radius 2 is 1.89 bits per heavy atom. The molecule has 1 fully saturated rings. The molecule has 1 saturated carbocycles. The fraction of sp³-hybridized carbons (Fsp3) is 0.733. The molecule has 1 heterocycles. The molecule has 1 aromatic rings. The SMILES string of the molecule is CCCC1CCC(Nc2cnc(C)c(C)n2)CC1. The summed E-state index contributed by atoms with van der Waals surface area (Å²) in [5, 5.41) is 3.54. The lowest BCUT2D eigenvalue weighted by molar-refractivity contribution is 0.318. The second kappa shape index (κ2) is 6.17. The molecular formula is C15H25N3. The lowest BCUT2D eigenvalue weighted by Gasteiger charge is -2.29. The van der Waals surface area contributed by atoms with Gasteiger partial charge in [-0.2, -0.15) is 0 Å². The largest absolute Gasteiger partial charge is 0.366 e. The van der Waals surface area contributed by atoms with E-state index in [0.717, 1.165) is 23.1 Å². The van der Waals surface area contributed by atoms with Crippen molar-refractivity contribution in [1.82, 2.24) is 9.97 Å². The van der Waals surface area contributed by atoms with Crippen LogP contribution in [0.3, 0.4) is 0 Å². The van der Waals surface area contributed by atoms with Crippen LogP contribution in [0.4, 0.5) is 5.82 Å². The molecule has 1 aliphatic rings. The first-order valence-electron chi connectivity index (χ1n) is 7.25. The lowest BCUT2D eigenvalue weighted by Crippen LogP contribution is -2.26. The third kappa shape index (κ3) is 3.44. The van der Waals surface area contributed by atoms with Crippen LogP contribution >= 0.6 is 0 Å². The van der Waals surface area contributed by atoms with Crippen molar-refractivity contribution in [2.45, 2.75) is 65.3 Å². The lowest BCUT2D eigenvalue weighted by atomic mass is 9.83. The van der Waals surface area contributed by atoms with Gasteiger partial charge in [0, 0.05) is 6.04 Å². The Hall–Kier alpha value is -1.12. The molecule has 0 saturated heterocycles. The van der Waals surface area contributed by atoms with Crippen LogP contribution in [0, 0.1) is 19.8 Å². The number of hydrogen-bond donors (Lipinski definition) is 1. The summed E-state index contributed by atoms with van der Waals surface area (Å²) < 4.78 is 0. The van der Waals surface area contributed by atoms with Gasteiger partial charge in [0.05, 0.1) is 17.6 Å². The summed E-state index contributed by atoms with van der Waals surface area (Å²) in [6.45, 7) is 6.31. The zero-order chi connectivity index (χ0) is 13.0. The summed E-state index contributed by atoms with van der Waals surface area (Å²) >= 11 is 0. The van der Waals surface area contributed by atoms with E-state index in [1.807, 2.05) is 20.0 Å². The zero-order valence-electron chi connectivity index (χ0n) is 11.9. The van der Waals surface area contributed by atoms with E-state index in [4.69, 9.17) is 0 Å². The van der Waals surface area contributed by atoms with Gasteiger partial charge in [-0.25, -0.2) is 4.98 Å². The van der Waals surface area contributed by atoms with Crippen LogP contribution in [-0.2, 0) is 0 Å². The molecule has 0 radical (unpaired) electrons. The van der Waals surface area contributed by atoms with Crippen molar-refractivity contribution >= 4 is 5.82 Å². The van der Waals surface area contributed by atoms with Crippen LogP contribution < -0.4 is 5.32 Å². The van der Waals surface area contributed by atoms with Gasteiger partial charge in [-0.1, -0.05) is 19.8 Å². The van der Waals surface area contributed by atoms with Gasteiger partial charge >= 0.3 is 0 Å². The van der Waals surface area contributed by atoms with Gasteiger partial charge in [0.2, 0.25) is 0 Å². The molecular weight excluding hydrogens is 222 g/mol. The summed E-state index contributed by atoms with van der Waals surface area (Å²) in [4.78, 5) is 8.91. The average Bonchev–Trinajstić information content (AvgIpc) is 2.37. The Balaban J connectivity index is 1.85. The molecule has 100 valence electrons. The van der Waals surface area contributed by atoms with E-state index in [9.17, 15) is 0 Å². The van der Waals surface area contributed by atoms with Gasteiger partial charge < -0.3 is 5.32 Å². The van der Waals surface area contributed by atoms with Crippen molar-refractivity contribution in [2.24, 2.45) is 5.92 Å². The van der Waals surface area contributed by atoms with E-state index in [1.54, 1.807) is 0 Å². The van der Waals surface area contributed by atoms with Crippen molar-refractivity contribution in [1.29, 1.82) is 0 Å². The van der Waals surface area contributed by atoms with Crippen LogP contribution in [0.1, 0.15) is 56.8 Å². The molecule has 3 heteroatoms. The third-order valence-electron chi connectivity index (χ3n) is 4.09. The molecule has 0 aromatic carbocycles. The minimum atomic E-state index is 0.592. The van der Waals surface area contributed by atoms with Crippen LogP contribution in [0.15, 0.2) is 6.20 Å². The number of rotatable bonds is 4. The molecule has 3 nitrogen and oxygen atoms in total. The maximum absolute atomic E-state index is 4.55. The Bertz CT molecular complexity index is 381. The van der Waals surface area contributed by atoms with Gasteiger partial charge in [0.25, 0.3) is 0 Å². The second-order valence-electron chi connectivity index (χ2n) is 5.58. The maximum atomic E-state index is 4.55. The number of hydrogen-bond acceptors (Lipinski definition) is 3. The van der Waals surface area contributed by atoms with Crippen molar-refractivity contribution < 1.29 is 0 Å². The predicted octanol–water partition coefficient (Wildman–Crippen LogP) is 3.86. The summed E-state index contributed by atoms with van der Waals surface area (Å²) in [6, 6.07) is 0.592. The van der Waals surface area contributed by atoms with E-state index in [0.29, 0.717) is 6.04 Å². The number of aromatic nitrogens is 2. The van der Waals surface area contributed by atoms with Crippen molar-refractivity contribution in [3.63, 3.8) is 0 Å². The molecule has 0 spiro atoms. The predicted molar refractivity (Wildman–Crippen MR) is 75.8 cm³/mol. The fourth-order valence-electron chi connectivity index (χ4n) is 2.82. The van der Waals surface area contributed by atoms with Crippen LogP contribution in [0.5, 0.6) is 0 Å². The molecule has 18 heavy (non-hydrogen) atoms. The third-order valence-corrected chi connectivity index (χ3v) is 4.09. The van der Waals surface area contributed by atoms with E-state index in [-0.39, 0.29) is 0 Å². The smallest absolute Gasteiger partial charge is 0.145 e. The van der Waals surface area contributed by atoms with E-state index >= 15 is 0 Å². The highest BCUT2D eigenvalue weighted by Gasteiger charge is 2.20.